The van der Waals surface area contributed by atoms with E-state index in [9.17, 15) is 4.79 Å². The highest BCUT2D eigenvalue weighted by Crippen LogP contribution is 2.29. The van der Waals surface area contributed by atoms with Gasteiger partial charge in [0.15, 0.2) is 0 Å². The topological polar surface area (TPSA) is 51.2 Å². The molecular weight excluding hydrogens is 392 g/mol. The van der Waals surface area contributed by atoms with Crippen LogP contribution in [-0.2, 0) is 0 Å². The SMILES string of the molecule is Cc1ccc2cc3cc(C(=O)Nc4ccc(Oc5ccccc5)cc4)sc3nc2c1. The molecule has 0 aliphatic carbocycles. The van der Waals surface area contributed by atoms with Crippen molar-refractivity contribution in [3.05, 3.63) is 95.4 Å². The number of nitrogens with zero attached hydrogens (tertiary/aromatic N) is 1. The highest BCUT2D eigenvalue weighted by atomic mass is 32.1. The largest absolute Gasteiger partial charge is 0.457 e. The second-order valence-corrected chi connectivity index (χ2v) is 8.11. The Hall–Kier alpha value is -3.70. The first-order chi connectivity index (χ1) is 14.6. The summed E-state index contributed by atoms with van der Waals surface area (Å²) in [6, 6.07) is 27.1. The van der Waals surface area contributed by atoms with E-state index < -0.39 is 0 Å². The fourth-order valence-corrected chi connectivity index (χ4v) is 4.19. The number of aromatic nitrogens is 1. The van der Waals surface area contributed by atoms with Crippen LogP contribution in [0.2, 0.25) is 0 Å². The maximum absolute atomic E-state index is 12.7. The summed E-state index contributed by atoms with van der Waals surface area (Å²) in [6.45, 7) is 2.05. The Morgan fingerprint density at radius 2 is 1.63 bits per heavy atom. The third kappa shape index (κ3) is 3.75. The number of aryl methyl sites for hydroxylation is 1. The third-order valence-electron chi connectivity index (χ3n) is 4.77. The molecule has 30 heavy (non-hydrogen) atoms. The number of benzene rings is 3. The van der Waals surface area contributed by atoms with E-state index in [-0.39, 0.29) is 5.91 Å². The predicted octanol–water partition coefficient (Wildman–Crippen LogP) is 6.80. The molecule has 0 aliphatic rings. The van der Waals surface area contributed by atoms with Crippen LogP contribution in [0.5, 0.6) is 11.5 Å². The quantitative estimate of drug-likeness (QED) is 0.354. The van der Waals surface area contributed by atoms with Gasteiger partial charge in [0.05, 0.1) is 10.4 Å². The molecule has 3 aromatic carbocycles. The number of amides is 1. The second-order valence-electron chi connectivity index (χ2n) is 7.08. The molecule has 0 spiro atoms. The molecule has 146 valence electrons. The van der Waals surface area contributed by atoms with Crippen LogP contribution in [0.15, 0.2) is 84.9 Å². The molecule has 5 rings (SSSR count). The van der Waals surface area contributed by atoms with Gasteiger partial charge in [0, 0.05) is 16.5 Å². The lowest BCUT2D eigenvalue weighted by molar-refractivity contribution is 0.103. The van der Waals surface area contributed by atoms with Crippen molar-refractivity contribution in [1.82, 2.24) is 4.98 Å². The summed E-state index contributed by atoms with van der Waals surface area (Å²) >= 11 is 1.40. The van der Waals surface area contributed by atoms with Crippen molar-refractivity contribution in [3.8, 4) is 11.5 Å². The third-order valence-corrected chi connectivity index (χ3v) is 5.82. The molecule has 5 heteroatoms. The average molecular weight is 410 g/mol. The minimum absolute atomic E-state index is 0.144. The number of carbonyl (C=O) groups is 1. The first-order valence-corrected chi connectivity index (χ1v) is 10.4. The Morgan fingerprint density at radius 1 is 0.867 bits per heavy atom. The van der Waals surface area contributed by atoms with Gasteiger partial charge in [-0.1, -0.05) is 30.3 Å². The van der Waals surface area contributed by atoms with Crippen LogP contribution in [0.25, 0.3) is 21.1 Å². The minimum atomic E-state index is -0.144. The Labute approximate surface area is 177 Å². The monoisotopic (exact) mass is 410 g/mol. The van der Waals surface area contributed by atoms with Gasteiger partial charge in [-0.05, 0) is 67.1 Å². The molecule has 0 atom stereocenters. The predicted molar refractivity (Wildman–Crippen MR) is 123 cm³/mol. The highest BCUT2D eigenvalue weighted by molar-refractivity contribution is 7.20. The van der Waals surface area contributed by atoms with Crippen LogP contribution < -0.4 is 10.1 Å². The Bertz CT molecular complexity index is 1360. The molecule has 0 saturated carbocycles. The lowest BCUT2D eigenvalue weighted by Gasteiger charge is -2.07. The lowest BCUT2D eigenvalue weighted by atomic mass is 10.1. The van der Waals surface area contributed by atoms with Crippen LogP contribution >= 0.6 is 11.3 Å². The summed E-state index contributed by atoms with van der Waals surface area (Å²) in [7, 11) is 0. The van der Waals surface area contributed by atoms with E-state index in [4.69, 9.17) is 9.72 Å². The van der Waals surface area contributed by atoms with Crippen molar-refractivity contribution < 1.29 is 9.53 Å². The van der Waals surface area contributed by atoms with E-state index in [1.165, 1.54) is 16.9 Å². The lowest BCUT2D eigenvalue weighted by Crippen LogP contribution is -2.09. The summed E-state index contributed by atoms with van der Waals surface area (Å²) in [5, 5.41) is 5.00. The van der Waals surface area contributed by atoms with E-state index in [0.717, 1.165) is 26.9 Å². The first kappa shape index (κ1) is 18.3. The van der Waals surface area contributed by atoms with Gasteiger partial charge in [-0.25, -0.2) is 4.98 Å². The Kier molecular flexibility index (Phi) is 4.65. The molecule has 0 fully saturated rings. The number of hydrogen-bond acceptors (Lipinski definition) is 4. The number of para-hydroxylation sites is 1. The van der Waals surface area contributed by atoms with Gasteiger partial charge in [0.1, 0.15) is 16.3 Å². The van der Waals surface area contributed by atoms with Crippen LogP contribution in [-0.4, -0.2) is 10.9 Å². The van der Waals surface area contributed by atoms with Crippen molar-refractivity contribution in [2.45, 2.75) is 6.92 Å². The fraction of sp³-hybridized carbons (Fsp3) is 0.0400. The van der Waals surface area contributed by atoms with Gasteiger partial charge < -0.3 is 10.1 Å². The molecule has 1 N–H and O–H groups in total. The van der Waals surface area contributed by atoms with E-state index in [0.29, 0.717) is 16.3 Å². The van der Waals surface area contributed by atoms with Crippen LogP contribution in [0.4, 0.5) is 5.69 Å². The van der Waals surface area contributed by atoms with Crippen molar-refractivity contribution in [1.29, 1.82) is 0 Å². The maximum atomic E-state index is 12.7. The molecule has 4 nitrogen and oxygen atoms in total. The fourth-order valence-electron chi connectivity index (χ4n) is 3.27. The van der Waals surface area contributed by atoms with Crippen molar-refractivity contribution in [3.63, 3.8) is 0 Å². The number of nitrogens with one attached hydrogen (secondary N) is 1. The van der Waals surface area contributed by atoms with Crippen molar-refractivity contribution in [2.24, 2.45) is 0 Å². The molecule has 5 aromatic rings. The summed E-state index contributed by atoms with van der Waals surface area (Å²) in [6.07, 6.45) is 0. The van der Waals surface area contributed by atoms with Gasteiger partial charge >= 0.3 is 0 Å². The number of rotatable bonds is 4. The average Bonchev–Trinajstić information content (AvgIpc) is 3.17. The van der Waals surface area contributed by atoms with E-state index in [2.05, 4.69) is 36.5 Å². The van der Waals surface area contributed by atoms with Crippen molar-refractivity contribution in [2.75, 3.05) is 5.32 Å². The zero-order valence-corrected chi connectivity index (χ0v) is 17.1. The van der Waals surface area contributed by atoms with Gasteiger partial charge in [0.25, 0.3) is 5.91 Å². The second kappa shape index (κ2) is 7.61. The minimum Gasteiger partial charge on any atom is -0.457 e. The molecular formula is C25H18N2O2S. The zero-order chi connectivity index (χ0) is 20.5. The van der Waals surface area contributed by atoms with Gasteiger partial charge in [0.2, 0.25) is 0 Å². The van der Waals surface area contributed by atoms with Crippen molar-refractivity contribution >= 4 is 44.1 Å². The van der Waals surface area contributed by atoms with Gasteiger partial charge in [-0.2, -0.15) is 0 Å². The molecule has 1 amide bonds. The highest BCUT2D eigenvalue weighted by Gasteiger charge is 2.12. The molecule has 0 saturated heterocycles. The molecule has 0 bridgehead atoms. The number of anilines is 1. The van der Waals surface area contributed by atoms with E-state index in [1.807, 2.05) is 60.7 Å². The normalized spacial score (nSPS) is 11.0. The molecule has 2 aromatic heterocycles. The first-order valence-electron chi connectivity index (χ1n) is 9.59. The Morgan fingerprint density at radius 3 is 2.43 bits per heavy atom. The summed E-state index contributed by atoms with van der Waals surface area (Å²) in [5.41, 5.74) is 2.83. The Balaban J connectivity index is 1.34. The molecule has 0 unspecified atom stereocenters. The molecule has 2 heterocycles. The van der Waals surface area contributed by atoms with Crippen LogP contribution in [0.1, 0.15) is 15.2 Å². The van der Waals surface area contributed by atoms with Gasteiger partial charge in [-0.3, -0.25) is 4.79 Å². The van der Waals surface area contributed by atoms with E-state index >= 15 is 0 Å². The van der Waals surface area contributed by atoms with Gasteiger partial charge in [-0.15, -0.1) is 11.3 Å². The van der Waals surface area contributed by atoms with E-state index in [1.54, 1.807) is 0 Å². The molecule has 0 aliphatic heterocycles. The maximum Gasteiger partial charge on any atom is 0.265 e. The van der Waals surface area contributed by atoms with Crippen LogP contribution in [0, 0.1) is 6.92 Å². The zero-order valence-electron chi connectivity index (χ0n) is 16.3. The number of ether oxygens (including phenoxy) is 1. The standard InChI is InChI=1S/C25H18N2O2S/c1-16-7-8-17-14-18-15-23(30-25(18)27-22(17)13-16)24(28)26-19-9-11-21(12-10-19)29-20-5-3-2-4-6-20/h2-15H,1H3,(H,26,28). The number of thiophene rings is 1. The summed E-state index contributed by atoms with van der Waals surface area (Å²) in [5.74, 6) is 1.34. The number of hydrogen-bond donors (Lipinski definition) is 1. The molecule has 0 radical (unpaired) electrons. The van der Waals surface area contributed by atoms with Crippen LogP contribution in [0.3, 0.4) is 0 Å². The smallest absolute Gasteiger partial charge is 0.265 e. The number of carbonyl (C=O) groups excluding carboxylic acids is 1. The number of fused-ring (bicyclic) bond motifs is 2. The summed E-state index contributed by atoms with van der Waals surface area (Å²) in [4.78, 5) is 19.0. The number of pyridine rings is 1. The summed E-state index contributed by atoms with van der Waals surface area (Å²) < 4.78 is 5.79.